The highest BCUT2D eigenvalue weighted by molar-refractivity contribution is 5.97. The van der Waals surface area contributed by atoms with Gasteiger partial charge < -0.3 is 15.4 Å². The number of amides is 1. The average Bonchev–Trinajstić information content (AvgIpc) is 2.79. The smallest absolute Gasteiger partial charge is 0.258 e. The first-order chi connectivity index (χ1) is 10.7. The van der Waals surface area contributed by atoms with Crippen LogP contribution >= 0.6 is 0 Å². The van der Waals surface area contributed by atoms with Gasteiger partial charge in [0.15, 0.2) is 0 Å². The molecule has 0 saturated heterocycles. The van der Waals surface area contributed by atoms with Crippen LogP contribution in [0.3, 0.4) is 0 Å². The monoisotopic (exact) mass is 308 g/mol. The summed E-state index contributed by atoms with van der Waals surface area (Å²) in [7, 11) is 1.43. The number of nitrogens with one attached hydrogen (secondary N) is 2. The highest BCUT2D eigenvalue weighted by atomic mass is 19.1. The maximum Gasteiger partial charge on any atom is 0.258 e. The molecule has 1 aliphatic rings. The minimum Gasteiger partial charge on any atom is -0.496 e. The van der Waals surface area contributed by atoms with Crippen LogP contribution in [0.25, 0.3) is 0 Å². The summed E-state index contributed by atoms with van der Waals surface area (Å²) in [5.74, 6) is -0.736. The molecule has 5 heteroatoms. The van der Waals surface area contributed by atoms with Crippen LogP contribution in [0, 0.1) is 5.82 Å². The van der Waals surface area contributed by atoms with Crippen molar-refractivity contribution in [3.05, 3.63) is 29.6 Å². The molecule has 4 nitrogen and oxygen atoms in total. The lowest BCUT2D eigenvalue weighted by Crippen LogP contribution is -2.37. The zero-order valence-electron chi connectivity index (χ0n) is 13.2. The fourth-order valence-corrected chi connectivity index (χ4v) is 2.92. The molecule has 1 fully saturated rings. The first kappa shape index (κ1) is 16.7. The minimum absolute atomic E-state index is 0.0283. The summed E-state index contributed by atoms with van der Waals surface area (Å²) in [5, 5.41) is 6.22. The SMILES string of the molecule is COc1cccc(F)c1C(=O)NCCNC1CCCCCC1. The molecule has 2 rings (SSSR count). The lowest BCUT2D eigenvalue weighted by molar-refractivity contribution is 0.0946. The Morgan fingerprint density at radius 1 is 1.23 bits per heavy atom. The van der Waals surface area contributed by atoms with Crippen molar-refractivity contribution in [2.24, 2.45) is 0 Å². The molecule has 1 saturated carbocycles. The third-order valence-electron chi connectivity index (χ3n) is 4.12. The number of benzene rings is 1. The Bertz CT molecular complexity index is 486. The number of hydrogen-bond donors (Lipinski definition) is 2. The molecule has 1 aromatic rings. The maximum absolute atomic E-state index is 13.8. The van der Waals surface area contributed by atoms with E-state index in [-0.39, 0.29) is 11.3 Å². The summed E-state index contributed by atoms with van der Waals surface area (Å²) in [4.78, 5) is 12.1. The predicted molar refractivity (Wildman–Crippen MR) is 84.8 cm³/mol. The Hall–Kier alpha value is -1.62. The molecule has 22 heavy (non-hydrogen) atoms. The highest BCUT2D eigenvalue weighted by Crippen LogP contribution is 2.20. The maximum atomic E-state index is 13.8. The molecule has 1 aliphatic carbocycles. The van der Waals surface area contributed by atoms with Gasteiger partial charge in [-0.3, -0.25) is 4.79 Å². The van der Waals surface area contributed by atoms with E-state index in [2.05, 4.69) is 10.6 Å². The molecule has 0 heterocycles. The van der Waals surface area contributed by atoms with Gasteiger partial charge in [0.05, 0.1) is 7.11 Å². The highest BCUT2D eigenvalue weighted by Gasteiger charge is 2.17. The molecule has 122 valence electrons. The topological polar surface area (TPSA) is 50.4 Å². The normalized spacial score (nSPS) is 16.1. The number of hydrogen-bond acceptors (Lipinski definition) is 3. The van der Waals surface area contributed by atoms with Crippen molar-refractivity contribution < 1.29 is 13.9 Å². The van der Waals surface area contributed by atoms with Crippen LogP contribution in [0.15, 0.2) is 18.2 Å². The van der Waals surface area contributed by atoms with Crippen LogP contribution in [-0.4, -0.2) is 32.1 Å². The lowest BCUT2D eigenvalue weighted by atomic mass is 10.1. The van der Waals surface area contributed by atoms with E-state index in [0.717, 1.165) is 0 Å². The van der Waals surface area contributed by atoms with Gasteiger partial charge in [0.1, 0.15) is 17.1 Å². The van der Waals surface area contributed by atoms with Crippen molar-refractivity contribution in [3.63, 3.8) is 0 Å². The second kappa shape index (κ2) is 8.73. The molecule has 0 aliphatic heterocycles. The van der Waals surface area contributed by atoms with Crippen molar-refractivity contribution in [1.29, 1.82) is 0 Å². The first-order valence-corrected chi connectivity index (χ1v) is 8.06. The molecule has 2 N–H and O–H groups in total. The van der Waals surface area contributed by atoms with E-state index in [0.29, 0.717) is 19.1 Å². The summed E-state index contributed by atoms with van der Waals surface area (Å²) in [6.45, 7) is 1.18. The van der Waals surface area contributed by atoms with E-state index in [9.17, 15) is 9.18 Å². The lowest BCUT2D eigenvalue weighted by Gasteiger charge is -2.16. The van der Waals surface area contributed by atoms with Gasteiger partial charge in [-0.1, -0.05) is 31.7 Å². The van der Waals surface area contributed by atoms with Gasteiger partial charge in [0.25, 0.3) is 5.91 Å². The van der Waals surface area contributed by atoms with Crippen LogP contribution in [-0.2, 0) is 0 Å². The molecule has 0 atom stereocenters. The number of halogens is 1. The van der Waals surface area contributed by atoms with E-state index in [1.807, 2.05) is 0 Å². The van der Waals surface area contributed by atoms with Crippen LogP contribution in [0.5, 0.6) is 5.75 Å². The number of rotatable bonds is 6. The fraction of sp³-hybridized carbons (Fsp3) is 0.588. The van der Waals surface area contributed by atoms with Gasteiger partial charge in [-0.2, -0.15) is 0 Å². The van der Waals surface area contributed by atoms with E-state index in [1.54, 1.807) is 6.07 Å². The molecule has 0 radical (unpaired) electrons. The summed E-state index contributed by atoms with van der Waals surface area (Å²) in [6.07, 6.45) is 7.60. The number of methoxy groups -OCH3 is 1. The third-order valence-corrected chi connectivity index (χ3v) is 4.12. The predicted octanol–water partition coefficient (Wildman–Crippen LogP) is 2.88. The van der Waals surface area contributed by atoms with Crippen LogP contribution in [0.2, 0.25) is 0 Å². The molecular weight excluding hydrogens is 283 g/mol. The minimum atomic E-state index is -0.562. The summed E-state index contributed by atoms with van der Waals surface area (Å²) in [5.41, 5.74) is -0.0283. The Kier molecular flexibility index (Phi) is 6.65. The molecule has 0 aromatic heterocycles. The first-order valence-electron chi connectivity index (χ1n) is 8.06. The Morgan fingerprint density at radius 2 is 1.95 bits per heavy atom. The summed E-state index contributed by atoms with van der Waals surface area (Å²) in [6, 6.07) is 4.92. The molecule has 0 bridgehead atoms. The molecule has 1 aromatic carbocycles. The number of ether oxygens (including phenoxy) is 1. The Morgan fingerprint density at radius 3 is 2.64 bits per heavy atom. The van der Waals surface area contributed by atoms with Crippen LogP contribution in [0.1, 0.15) is 48.9 Å². The van der Waals surface area contributed by atoms with Gasteiger partial charge in [-0.25, -0.2) is 4.39 Å². The van der Waals surface area contributed by atoms with Gasteiger partial charge in [0, 0.05) is 19.1 Å². The third kappa shape index (κ3) is 4.70. The Balaban J connectivity index is 1.78. The summed E-state index contributed by atoms with van der Waals surface area (Å²) < 4.78 is 18.8. The van der Waals surface area contributed by atoms with Gasteiger partial charge in [-0.15, -0.1) is 0 Å². The van der Waals surface area contributed by atoms with Crippen molar-refractivity contribution in [2.45, 2.75) is 44.6 Å². The average molecular weight is 308 g/mol. The number of carbonyl (C=O) groups excluding carboxylic acids is 1. The van der Waals surface area contributed by atoms with E-state index >= 15 is 0 Å². The zero-order chi connectivity index (χ0) is 15.8. The summed E-state index contributed by atoms with van der Waals surface area (Å²) >= 11 is 0. The van der Waals surface area contributed by atoms with Gasteiger partial charge >= 0.3 is 0 Å². The van der Waals surface area contributed by atoms with Gasteiger partial charge in [-0.05, 0) is 25.0 Å². The van der Waals surface area contributed by atoms with Crippen LogP contribution < -0.4 is 15.4 Å². The van der Waals surface area contributed by atoms with E-state index in [1.165, 1.54) is 57.8 Å². The van der Waals surface area contributed by atoms with Crippen molar-refractivity contribution in [1.82, 2.24) is 10.6 Å². The molecule has 1 amide bonds. The van der Waals surface area contributed by atoms with Crippen molar-refractivity contribution in [3.8, 4) is 5.75 Å². The zero-order valence-corrected chi connectivity index (χ0v) is 13.2. The van der Waals surface area contributed by atoms with Crippen molar-refractivity contribution >= 4 is 5.91 Å². The van der Waals surface area contributed by atoms with Gasteiger partial charge in [0.2, 0.25) is 0 Å². The largest absolute Gasteiger partial charge is 0.496 e. The second-order valence-corrected chi connectivity index (χ2v) is 5.72. The molecule has 0 spiro atoms. The Labute approximate surface area is 131 Å². The molecular formula is C17H25FN2O2. The van der Waals surface area contributed by atoms with E-state index in [4.69, 9.17) is 4.74 Å². The standard InChI is InChI=1S/C17H25FN2O2/c1-22-15-10-6-9-14(18)16(15)17(21)20-12-11-19-13-7-4-2-3-5-8-13/h6,9-10,13,19H,2-5,7-8,11-12H2,1H3,(H,20,21). The number of carbonyl (C=O) groups is 1. The van der Waals surface area contributed by atoms with E-state index < -0.39 is 11.7 Å². The quantitative estimate of drug-likeness (QED) is 0.627. The fourth-order valence-electron chi connectivity index (χ4n) is 2.92. The second-order valence-electron chi connectivity index (χ2n) is 5.72. The van der Waals surface area contributed by atoms with Crippen LogP contribution in [0.4, 0.5) is 4.39 Å². The molecule has 0 unspecified atom stereocenters. The van der Waals surface area contributed by atoms with Crippen molar-refractivity contribution in [2.75, 3.05) is 20.2 Å².